The predicted molar refractivity (Wildman–Crippen MR) is 138 cm³/mol. The van der Waals surface area contributed by atoms with Gasteiger partial charge >= 0.3 is 0 Å². The van der Waals surface area contributed by atoms with Crippen molar-refractivity contribution in [2.45, 2.75) is 79.1 Å². The second kappa shape index (κ2) is 8.31. The Morgan fingerprint density at radius 2 is 1.25 bits per heavy atom. The summed E-state index contributed by atoms with van der Waals surface area (Å²) in [6, 6.07) is 16.9. The molecule has 1 unspecified atom stereocenters. The minimum absolute atomic E-state index is 0.0241. The molecule has 32 heavy (non-hydrogen) atoms. The van der Waals surface area contributed by atoms with Gasteiger partial charge in [-0.3, -0.25) is 0 Å². The van der Waals surface area contributed by atoms with Crippen molar-refractivity contribution >= 4 is 5.69 Å². The van der Waals surface area contributed by atoms with Gasteiger partial charge in [0, 0.05) is 17.2 Å². The molecule has 0 saturated carbocycles. The lowest BCUT2D eigenvalue weighted by atomic mass is 9.74. The molecule has 170 valence electrons. The maximum Gasteiger partial charge on any atom is 0.123 e. The van der Waals surface area contributed by atoms with Crippen molar-refractivity contribution in [1.82, 2.24) is 0 Å². The first-order chi connectivity index (χ1) is 14.7. The molecule has 0 bridgehead atoms. The second-order valence-corrected chi connectivity index (χ2v) is 11.4. The van der Waals surface area contributed by atoms with Gasteiger partial charge in [-0.2, -0.15) is 0 Å². The van der Waals surface area contributed by atoms with E-state index in [9.17, 15) is 5.11 Å². The molecular formula is C30H39NO. The highest BCUT2D eigenvalue weighted by molar-refractivity contribution is 5.59. The fourth-order valence-corrected chi connectivity index (χ4v) is 4.83. The van der Waals surface area contributed by atoms with E-state index in [1.807, 2.05) is 18.2 Å². The van der Waals surface area contributed by atoms with Crippen molar-refractivity contribution < 1.29 is 5.11 Å². The molecule has 3 aromatic rings. The topological polar surface area (TPSA) is 46.2 Å². The van der Waals surface area contributed by atoms with E-state index in [1.165, 1.54) is 22.3 Å². The molecule has 0 fully saturated rings. The van der Waals surface area contributed by atoms with E-state index in [2.05, 4.69) is 92.6 Å². The molecule has 0 heterocycles. The number of aryl methyl sites for hydroxylation is 2. The Morgan fingerprint density at radius 3 is 1.78 bits per heavy atom. The standard InChI is InChI=1S/C30H39NO/c1-18-13-23(20(3)25(15-18)29(4,5)6)27(21-11-10-12-22(31)17-21)24-14-19(2)16-26(28(24)32)30(7,8)9/h10-17,27,32H,31H2,1-9H3. The van der Waals surface area contributed by atoms with Crippen LogP contribution >= 0.6 is 0 Å². The molecule has 3 rings (SSSR count). The van der Waals surface area contributed by atoms with Gasteiger partial charge in [0.25, 0.3) is 0 Å². The maximum atomic E-state index is 11.6. The van der Waals surface area contributed by atoms with Crippen LogP contribution in [0.2, 0.25) is 0 Å². The van der Waals surface area contributed by atoms with E-state index in [1.54, 1.807) is 0 Å². The molecular weight excluding hydrogens is 390 g/mol. The quantitative estimate of drug-likeness (QED) is 0.331. The SMILES string of the molecule is Cc1cc(C(c2cccc(N)c2)c2cc(C)cc(C(C)(C)C)c2O)c(C)c(C(C)(C)C)c1. The molecule has 3 N–H and O–H groups in total. The lowest BCUT2D eigenvalue weighted by Crippen LogP contribution is -2.18. The Labute approximate surface area is 194 Å². The largest absolute Gasteiger partial charge is 0.507 e. The van der Waals surface area contributed by atoms with Gasteiger partial charge in [-0.1, -0.05) is 89.1 Å². The number of aromatic hydroxyl groups is 1. The molecule has 2 nitrogen and oxygen atoms in total. The summed E-state index contributed by atoms with van der Waals surface area (Å²) < 4.78 is 0. The minimum Gasteiger partial charge on any atom is -0.507 e. The second-order valence-electron chi connectivity index (χ2n) is 11.4. The van der Waals surface area contributed by atoms with Gasteiger partial charge in [-0.15, -0.1) is 0 Å². The third-order valence-corrected chi connectivity index (χ3v) is 6.36. The first-order valence-electron chi connectivity index (χ1n) is 11.5. The Bertz CT molecular complexity index is 1070. The van der Waals surface area contributed by atoms with Crippen molar-refractivity contribution in [1.29, 1.82) is 0 Å². The van der Waals surface area contributed by atoms with E-state index >= 15 is 0 Å². The first-order valence-corrected chi connectivity index (χ1v) is 11.5. The fourth-order valence-electron chi connectivity index (χ4n) is 4.83. The van der Waals surface area contributed by atoms with Gasteiger partial charge in [0.2, 0.25) is 0 Å². The van der Waals surface area contributed by atoms with E-state index < -0.39 is 0 Å². The summed E-state index contributed by atoms with van der Waals surface area (Å²) >= 11 is 0. The molecule has 0 amide bonds. The highest BCUT2D eigenvalue weighted by Gasteiger charge is 2.29. The molecule has 3 aromatic carbocycles. The number of phenols is 1. The van der Waals surface area contributed by atoms with E-state index in [0.29, 0.717) is 5.75 Å². The molecule has 1 atom stereocenters. The highest BCUT2D eigenvalue weighted by atomic mass is 16.3. The van der Waals surface area contributed by atoms with E-state index in [4.69, 9.17) is 5.73 Å². The van der Waals surface area contributed by atoms with Gasteiger partial charge in [-0.05, 0) is 71.6 Å². The fraction of sp³-hybridized carbons (Fsp3) is 0.400. The summed E-state index contributed by atoms with van der Waals surface area (Å²) in [6.45, 7) is 19.7. The summed E-state index contributed by atoms with van der Waals surface area (Å²) in [6.07, 6.45) is 0. The van der Waals surface area contributed by atoms with Crippen molar-refractivity contribution in [3.8, 4) is 5.75 Å². The lowest BCUT2D eigenvalue weighted by Gasteiger charge is -2.30. The number of nitrogen functional groups attached to an aromatic ring is 1. The molecule has 0 aromatic heterocycles. The molecule has 0 aliphatic rings. The van der Waals surface area contributed by atoms with Crippen LogP contribution in [0.15, 0.2) is 48.5 Å². The monoisotopic (exact) mass is 429 g/mol. The van der Waals surface area contributed by atoms with Crippen molar-refractivity contribution in [2.75, 3.05) is 5.73 Å². The Hall–Kier alpha value is -2.74. The molecule has 0 spiro atoms. The van der Waals surface area contributed by atoms with Crippen molar-refractivity contribution in [3.05, 3.63) is 93.0 Å². The summed E-state index contributed by atoms with van der Waals surface area (Å²) in [4.78, 5) is 0. The molecule has 0 radical (unpaired) electrons. The van der Waals surface area contributed by atoms with Crippen LogP contribution in [0.25, 0.3) is 0 Å². The number of hydrogen-bond donors (Lipinski definition) is 2. The van der Waals surface area contributed by atoms with Crippen LogP contribution < -0.4 is 5.73 Å². The van der Waals surface area contributed by atoms with Crippen LogP contribution in [0.5, 0.6) is 5.75 Å². The number of anilines is 1. The van der Waals surface area contributed by atoms with Gasteiger partial charge in [-0.25, -0.2) is 0 Å². The van der Waals surface area contributed by atoms with Gasteiger partial charge in [0.1, 0.15) is 5.75 Å². The Balaban J connectivity index is 2.43. The van der Waals surface area contributed by atoms with Crippen LogP contribution in [0.3, 0.4) is 0 Å². The third-order valence-electron chi connectivity index (χ3n) is 6.36. The zero-order valence-electron chi connectivity index (χ0n) is 21.2. The number of benzene rings is 3. The minimum atomic E-state index is -0.163. The third kappa shape index (κ3) is 4.70. The summed E-state index contributed by atoms with van der Waals surface area (Å²) in [5.41, 5.74) is 16.0. The van der Waals surface area contributed by atoms with E-state index in [-0.39, 0.29) is 16.7 Å². The summed E-state index contributed by atoms with van der Waals surface area (Å²) in [7, 11) is 0. The molecule has 0 aliphatic heterocycles. The average Bonchev–Trinajstić information content (AvgIpc) is 2.65. The van der Waals surface area contributed by atoms with Crippen LogP contribution in [0.1, 0.15) is 92.0 Å². The molecule has 2 heteroatoms. The summed E-state index contributed by atoms with van der Waals surface area (Å²) in [5, 5.41) is 11.6. The number of phenolic OH excluding ortho intramolecular Hbond substituents is 1. The highest BCUT2D eigenvalue weighted by Crippen LogP contribution is 2.45. The lowest BCUT2D eigenvalue weighted by molar-refractivity contribution is 0.439. The number of hydrogen-bond acceptors (Lipinski definition) is 2. The van der Waals surface area contributed by atoms with E-state index in [0.717, 1.165) is 27.9 Å². The Kier molecular flexibility index (Phi) is 6.21. The summed E-state index contributed by atoms with van der Waals surface area (Å²) in [5.74, 6) is 0.272. The maximum absolute atomic E-state index is 11.6. The van der Waals surface area contributed by atoms with Crippen LogP contribution in [0.4, 0.5) is 5.69 Å². The molecule has 0 saturated heterocycles. The van der Waals surface area contributed by atoms with Crippen LogP contribution in [-0.4, -0.2) is 5.11 Å². The zero-order chi connectivity index (χ0) is 24.0. The number of rotatable bonds is 3. The van der Waals surface area contributed by atoms with Crippen molar-refractivity contribution in [2.24, 2.45) is 0 Å². The number of nitrogens with two attached hydrogens (primary N) is 1. The normalized spacial score (nSPS) is 13.3. The van der Waals surface area contributed by atoms with Gasteiger partial charge < -0.3 is 10.8 Å². The first kappa shape index (κ1) is 23.9. The van der Waals surface area contributed by atoms with Gasteiger partial charge in [0.15, 0.2) is 0 Å². The Morgan fingerprint density at radius 1 is 0.719 bits per heavy atom. The van der Waals surface area contributed by atoms with Crippen LogP contribution in [0, 0.1) is 20.8 Å². The van der Waals surface area contributed by atoms with Crippen molar-refractivity contribution in [3.63, 3.8) is 0 Å². The average molecular weight is 430 g/mol. The molecule has 0 aliphatic carbocycles. The van der Waals surface area contributed by atoms with Gasteiger partial charge in [0.05, 0.1) is 0 Å². The predicted octanol–water partition coefficient (Wildman–Crippen LogP) is 7.67. The smallest absolute Gasteiger partial charge is 0.123 e. The zero-order valence-corrected chi connectivity index (χ0v) is 21.2. The van der Waals surface area contributed by atoms with Crippen LogP contribution in [-0.2, 0) is 10.8 Å².